The Labute approximate surface area is 160 Å². The van der Waals surface area contributed by atoms with E-state index in [-0.39, 0.29) is 24.2 Å². The lowest BCUT2D eigenvalue weighted by atomic mass is 9.64. The number of carbonyl (C=O) groups is 2. The van der Waals surface area contributed by atoms with Crippen LogP contribution in [0.25, 0.3) is 0 Å². The Balaban J connectivity index is 1.63. The quantitative estimate of drug-likeness (QED) is 0.768. The molecule has 3 rings (SSSR count). The van der Waals surface area contributed by atoms with E-state index in [1.165, 1.54) is 12.1 Å². The number of hydrogen-bond acceptors (Lipinski definition) is 2. The molecule has 0 aromatic heterocycles. The molecule has 2 amide bonds. The molecule has 0 bridgehead atoms. The van der Waals surface area contributed by atoms with Gasteiger partial charge in [-0.2, -0.15) is 0 Å². The van der Waals surface area contributed by atoms with Gasteiger partial charge in [0.15, 0.2) is 0 Å². The second kappa shape index (κ2) is 7.58. The van der Waals surface area contributed by atoms with Crippen molar-refractivity contribution in [1.29, 1.82) is 0 Å². The van der Waals surface area contributed by atoms with E-state index in [1.807, 2.05) is 19.1 Å². The predicted octanol–water partition coefficient (Wildman–Crippen LogP) is 4.07. The van der Waals surface area contributed by atoms with Gasteiger partial charge in [-0.25, -0.2) is 4.39 Å². The van der Waals surface area contributed by atoms with E-state index in [2.05, 4.69) is 26.6 Å². The van der Waals surface area contributed by atoms with Crippen LogP contribution in [0.5, 0.6) is 0 Å². The summed E-state index contributed by atoms with van der Waals surface area (Å²) in [5, 5.41) is 5.51. The number of hydrogen-bond donors (Lipinski definition) is 2. The molecule has 2 N–H and O–H groups in total. The van der Waals surface area contributed by atoms with E-state index >= 15 is 0 Å². The van der Waals surface area contributed by atoms with E-state index in [0.29, 0.717) is 24.1 Å². The molecule has 0 unspecified atom stereocenters. The van der Waals surface area contributed by atoms with Gasteiger partial charge < -0.3 is 10.6 Å². The number of carbonyl (C=O) groups excluding carboxylic acids is 2. The molecular formula is C20H20BrFN2O2. The van der Waals surface area contributed by atoms with Gasteiger partial charge in [0.2, 0.25) is 11.8 Å². The Hall–Kier alpha value is -2.21. The van der Waals surface area contributed by atoms with Crippen molar-refractivity contribution in [3.63, 3.8) is 0 Å². The highest BCUT2D eigenvalue weighted by Crippen LogP contribution is 2.44. The van der Waals surface area contributed by atoms with Gasteiger partial charge in [0.1, 0.15) is 5.82 Å². The summed E-state index contributed by atoms with van der Waals surface area (Å²) in [5.74, 6) is -0.875. The SMILES string of the molecule is Cc1cc(Br)ccc1NC(=O)CNC(=O)C1(c2cccc(F)c2)CCC1. The number of nitrogens with one attached hydrogen (secondary N) is 2. The van der Waals surface area contributed by atoms with Crippen LogP contribution in [0.4, 0.5) is 10.1 Å². The van der Waals surface area contributed by atoms with Crippen LogP contribution in [0.15, 0.2) is 46.9 Å². The van der Waals surface area contributed by atoms with Crippen molar-refractivity contribution in [2.45, 2.75) is 31.6 Å². The zero-order chi connectivity index (χ0) is 18.7. The lowest BCUT2D eigenvalue weighted by molar-refractivity contribution is -0.131. The molecule has 0 heterocycles. The third kappa shape index (κ3) is 3.80. The first-order chi connectivity index (χ1) is 12.4. The number of amides is 2. The van der Waals surface area contributed by atoms with Gasteiger partial charge in [-0.3, -0.25) is 9.59 Å². The largest absolute Gasteiger partial charge is 0.346 e. The van der Waals surface area contributed by atoms with Gasteiger partial charge in [0.05, 0.1) is 12.0 Å². The number of aryl methyl sites for hydroxylation is 1. The van der Waals surface area contributed by atoms with E-state index in [4.69, 9.17) is 0 Å². The van der Waals surface area contributed by atoms with Crippen LogP contribution < -0.4 is 10.6 Å². The summed E-state index contributed by atoms with van der Waals surface area (Å²) < 4.78 is 14.5. The Bertz CT molecular complexity index is 849. The van der Waals surface area contributed by atoms with Crippen LogP contribution >= 0.6 is 15.9 Å². The van der Waals surface area contributed by atoms with Crippen molar-refractivity contribution in [2.24, 2.45) is 0 Å². The fourth-order valence-electron chi connectivity index (χ4n) is 3.25. The summed E-state index contributed by atoms with van der Waals surface area (Å²) in [6, 6.07) is 11.7. The van der Waals surface area contributed by atoms with Crippen molar-refractivity contribution < 1.29 is 14.0 Å². The van der Waals surface area contributed by atoms with E-state index in [9.17, 15) is 14.0 Å². The Kier molecular flexibility index (Phi) is 5.41. The minimum Gasteiger partial charge on any atom is -0.346 e. The van der Waals surface area contributed by atoms with Gasteiger partial charge in [-0.05, 0) is 61.2 Å². The van der Waals surface area contributed by atoms with Gasteiger partial charge in [-0.15, -0.1) is 0 Å². The molecule has 136 valence electrons. The highest BCUT2D eigenvalue weighted by atomic mass is 79.9. The third-order valence-corrected chi connectivity index (χ3v) is 5.38. The fourth-order valence-corrected chi connectivity index (χ4v) is 3.73. The summed E-state index contributed by atoms with van der Waals surface area (Å²) in [6.07, 6.45) is 2.24. The molecular weight excluding hydrogens is 399 g/mol. The predicted molar refractivity (Wildman–Crippen MR) is 102 cm³/mol. The first-order valence-electron chi connectivity index (χ1n) is 8.51. The van der Waals surface area contributed by atoms with Crippen LogP contribution in [0, 0.1) is 12.7 Å². The Morgan fingerprint density at radius 3 is 2.58 bits per heavy atom. The molecule has 2 aromatic rings. The standard InChI is InChI=1S/C20H20BrFN2O2/c1-13-10-15(21)6-7-17(13)24-18(25)12-23-19(26)20(8-3-9-20)14-4-2-5-16(22)11-14/h2,4-7,10-11H,3,8-9,12H2,1H3,(H,23,26)(H,24,25). The summed E-state index contributed by atoms with van der Waals surface area (Å²) in [6.45, 7) is 1.78. The van der Waals surface area contributed by atoms with Crippen molar-refractivity contribution in [3.05, 3.63) is 63.9 Å². The highest BCUT2D eigenvalue weighted by Gasteiger charge is 2.45. The van der Waals surface area contributed by atoms with E-state index in [1.54, 1.807) is 18.2 Å². The summed E-state index contributed by atoms with van der Waals surface area (Å²) in [4.78, 5) is 24.9. The van der Waals surface area contributed by atoms with Crippen LogP contribution in [0.3, 0.4) is 0 Å². The minimum absolute atomic E-state index is 0.120. The summed E-state index contributed by atoms with van der Waals surface area (Å²) in [5.41, 5.74) is 1.58. The third-order valence-electron chi connectivity index (χ3n) is 4.89. The first kappa shape index (κ1) is 18.6. The smallest absolute Gasteiger partial charge is 0.243 e. The first-order valence-corrected chi connectivity index (χ1v) is 9.30. The average molecular weight is 419 g/mol. The molecule has 1 fully saturated rings. The second-order valence-corrected chi connectivity index (χ2v) is 7.55. The fraction of sp³-hybridized carbons (Fsp3) is 0.300. The van der Waals surface area contributed by atoms with Crippen molar-refractivity contribution >= 4 is 33.4 Å². The summed E-state index contributed by atoms with van der Waals surface area (Å²) in [7, 11) is 0. The molecule has 6 heteroatoms. The second-order valence-electron chi connectivity index (χ2n) is 6.64. The number of rotatable bonds is 5. The van der Waals surface area contributed by atoms with Crippen molar-refractivity contribution in [3.8, 4) is 0 Å². The molecule has 0 radical (unpaired) electrons. The molecule has 0 spiro atoms. The normalized spacial score (nSPS) is 15.0. The maximum Gasteiger partial charge on any atom is 0.243 e. The van der Waals surface area contributed by atoms with E-state index < -0.39 is 5.41 Å². The van der Waals surface area contributed by atoms with Crippen LogP contribution in [0.2, 0.25) is 0 Å². The summed E-state index contributed by atoms with van der Waals surface area (Å²) >= 11 is 3.38. The van der Waals surface area contributed by atoms with Gasteiger partial charge in [-0.1, -0.05) is 34.5 Å². The monoisotopic (exact) mass is 418 g/mol. The molecule has 2 aromatic carbocycles. The highest BCUT2D eigenvalue weighted by molar-refractivity contribution is 9.10. The number of halogens is 2. The lowest BCUT2D eigenvalue weighted by Gasteiger charge is -2.40. The van der Waals surface area contributed by atoms with Crippen LogP contribution in [-0.2, 0) is 15.0 Å². The minimum atomic E-state index is -0.726. The molecule has 1 aliphatic carbocycles. The maximum atomic E-state index is 13.5. The van der Waals surface area contributed by atoms with Gasteiger partial charge >= 0.3 is 0 Å². The number of benzene rings is 2. The van der Waals surface area contributed by atoms with Gasteiger partial charge in [0, 0.05) is 10.2 Å². The zero-order valence-corrected chi connectivity index (χ0v) is 16.0. The lowest BCUT2D eigenvalue weighted by Crippen LogP contribution is -2.50. The maximum absolute atomic E-state index is 13.5. The molecule has 0 saturated heterocycles. The van der Waals surface area contributed by atoms with Crippen LogP contribution in [0.1, 0.15) is 30.4 Å². The van der Waals surface area contributed by atoms with Gasteiger partial charge in [0.25, 0.3) is 0 Å². The zero-order valence-electron chi connectivity index (χ0n) is 14.4. The van der Waals surface area contributed by atoms with Crippen molar-refractivity contribution in [1.82, 2.24) is 5.32 Å². The Morgan fingerprint density at radius 1 is 1.19 bits per heavy atom. The van der Waals surface area contributed by atoms with Crippen LogP contribution in [-0.4, -0.2) is 18.4 Å². The molecule has 0 aliphatic heterocycles. The van der Waals surface area contributed by atoms with Crippen molar-refractivity contribution in [2.75, 3.05) is 11.9 Å². The topological polar surface area (TPSA) is 58.2 Å². The average Bonchev–Trinajstić information content (AvgIpc) is 2.55. The van der Waals surface area contributed by atoms with E-state index in [0.717, 1.165) is 16.5 Å². The number of anilines is 1. The molecule has 1 aliphatic rings. The molecule has 0 atom stereocenters. The molecule has 26 heavy (non-hydrogen) atoms. The molecule has 1 saturated carbocycles. The Morgan fingerprint density at radius 2 is 1.96 bits per heavy atom. The molecule has 4 nitrogen and oxygen atoms in total.